The van der Waals surface area contributed by atoms with E-state index in [1.54, 1.807) is 12.1 Å². The van der Waals surface area contributed by atoms with Gasteiger partial charge < -0.3 is 4.57 Å². The quantitative estimate of drug-likeness (QED) is 0.795. The van der Waals surface area contributed by atoms with Gasteiger partial charge in [0.1, 0.15) is 0 Å². The van der Waals surface area contributed by atoms with Crippen LogP contribution in [0.1, 0.15) is 5.56 Å². The van der Waals surface area contributed by atoms with E-state index in [1.165, 1.54) is 12.1 Å². The van der Waals surface area contributed by atoms with Gasteiger partial charge in [0.05, 0.1) is 4.90 Å². The fourth-order valence-electron chi connectivity index (χ4n) is 2.44. The lowest BCUT2D eigenvalue weighted by molar-refractivity contribution is 0.581. The third-order valence-corrected chi connectivity index (χ3v) is 5.23. The summed E-state index contributed by atoms with van der Waals surface area (Å²) in [6.45, 7) is 0.242. The van der Waals surface area contributed by atoms with Gasteiger partial charge in [-0.1, -0.05) is 29.8 Å². The first-order valence-corrected chi connectivity index (χ1v) is 8.62. The van der Waals surface area contributed by atoms with E-state index in [-0.39, 0.29) is 11.4 Å². The second kappa shape index (κ2) is 5.76. The van der Waals surface area contributed by atoms with Crippen LogP contribution in [0.4, 0.5) is 0 Å². The zero-order valence-corrected chi connectivity index (χ0v) is 13.5. The Balaban J connectivity index is 1.86. The fraction of sp³-hybridized carbons (Fsp3) is 0.125. The van der Waals surface area contributed by atoms with E-state index in [1.807, 2.05) is 42.1 Å². The van der Waals surface area contributed by atoms with Gasteiger partial charge in [-0.3, -0.25) is 0 Å². The number of hydrogen-bond acceptors (Lipinski definition) is 2. The summed E-state index contributed by atoms with van der Waals surface area (Å²) in [5, 5.41) is 1.55. The number of nitrogens with zero attached hydrogens (tertiary/aromatic N) is 1. The van der Waals surface area contributed by atoms with Crippen LogP contribution in [0.3, 0.4) is 0 Å². The molecule has 0 amide bonds. The van der Waals surface area contributed by atoms with Crippen LogP contribution >= 0.6 is 11.6 Å². The lowest BCUT2D eigenvalue weighted by Crippen LogP contribution is -2.23. The van der Waals surface area contributed by atoms with E-state index in [0.717, 1.165) is 16.5 Å². The summed E-state index contributed by atoms with van der Waals surface area (Å²) in [7, 11) is -1.61. The molecule has 2 aromatic carbocycles. The van der Waals surface area contributed by atoms with Gasteiger partial charge in [-0.15, -0.1) is 0 Å². The summed E-state index contributed by atoms with van der Waals surface area (Å²) in [5.74, 6) is 0. The number of hydrogen-bond donors (Lipinski definition) is 1. The maximum absolute atomic E-state index is 12.3. The van der Waals surface area contributed by atoms with Crippen LogP contribution in [0.5, 0.6) is 0 Å². The van der Waals surface area contributed by atoms with Crippen molar-refractivity contribution in [3.05, 3.63) is 65.3 Å². The molecule has 3 aromatic rings. The van der Waals surface area contributed by atoms with Crippen molar-refractivity contribution in [3.63, 3.8) is 0 Å². The molecule has 0 saturated heterocycles. The van der Waals surface area contributed by atoms with E-state index in [0.29, 0.717) is 5.02 Å². The first kappa shape index (κ1) is 15.1. The molecule has 6 heteroatoms. The second-order valence-corrected chi connectivity index (χ2v) is 7.26. The zero-order chi connectivity index (χ0) is 15.7. The van der Waals surface area contributed by atoms with Crippen LogP contribution in [0.2, 0.25) is 5.02 Å². The Morgan fingerprint density at radius 2 is 1.77 bits per heavy atom. The molecule has 4 nitrogen and oxygen atoms in total. The number of aryl methyl sites for hydroxylation is 1. The molecule has 22 heavy (non-hydrogen) atoms. The number of para-hydroxylation sites is 1. The highest BCUT2D eigenvalue weighted by atomic mass is 35.5. The summed E-state index contributed by atoms with van der Waals surface area (Å²) in [4.78, 5) is 0.206. The third kappa shape index (κ3) is 2.88. The monoisotopic (exact) mass is 334 g/mol. The molecule has 114 valence electrons. The minimum absolute atomic E-state index is 0.206. The minimum atomic E-state index is -3.55. The summed E-state index contributed by atoms with van der Waals surface area (Å²) in [5.41, 5.74) is 2.01. The van der Waals surface area contributed by atoms with E-state index in [4.69, 9.17) is 11.6 Å². The SMILES string of the molecule is Cn1cc(CNS(=O)(=O)c2ccc(Cl)cc2)c2ccccc21. The van der Waals surface area contributed by atoms with E-state index in [2.05, 4.69) is 4.72 Å². The fourth-order valence-corrected chi connectivity index (χ4v) is 3.57. The Morgan fingerprint density at radius 1 is 1.09 bits per heavy atom. The minimum Gasteiger partial charge on any atom is -0.350 e. The van der Waals surface area contributed by atoms with Crippen molar-refractivity contribution in [1.29, 1.82) is 0 Å². The van der Waals surface area contributed by atoms with Crippen molar-refractivity contribution in [2.75, 3.05) is 0 Å². The molecular weight excluding hydrogens is 320 g/mol. The first-order valence-electron chi connectivity index (χ1n) is 6.75. The molecule has 1 aromatic heterocycles. The number of sulfonamides is 1. The number of halogens is 1. The Morgan fingerprint density at radius 3 is 2.50 bits per heavy atom. The van der Waals surface area contributed by atoms with E-state index < -0.39 is 10.0 Å². The summed E-state index contributed by atoms with van der Waals surface area (Å²) >= 11 is 5.78. The molecule has 3 rings (SSSR count). The molecule has 0 atom stereocenters. The molecule has 0 aliphatic heterocycles. The molecule has 0 aliphatic carbocycles. The smallest absolute Gasteiger partial charge is 0.240 e. The van der Waals surface area contributed by atoms with Crippen LogP contribution in [-0.2, 0) is 23.6 Å². The van der Waals surface area contributed by atoms with Gasteiger partial charge in [-0.25, -0.2) is 13.1 Å². The third-order valence-electron chi connectivity index (χ3n) is 3.56. The molecule has 0 radical (unpaired) electrons. The van der Waals surface area contributed by atoms with E-state index >= 15 is 0 Å². The average Bonchev–Trinajstić information content (AvgIpc) is 2.83. The molecule has 0 fully saturated rings. The van der Waals surface area contributed by atoms with Gasteiger partial charge in [-0.2, -0.15) is 0 Å². The zero-order valence-electron chi connectivity index (χ0n) is 12.0. The average molecular weight is 335 g/mol. The van der Waals surface area contributed by atoms with Crippen LogP contribution in [0.15, 0.2) is 59.6 Å². The van der Waals surface area contributed by atoms with Crippen molar-refractivity contribution in [1.82, 2.24) is 9.29 Å². The standard InChI is InChI=1S/C16H15ClN2O2S/c1-19-11-12(15-4-2-3-5-16(15)19)10-18-22(20,21)14-8-6-13(17)7-9-14/h2-9,11,18H,10H2,1H3. The number of nitrogens with one attached hydrogen (secondary N) is 1. The maximum atomic E-state index is 12.3. The highest BCUT2D eigenvalue weighted by Gasteiger charge is 2.15. The van der Waals surface area contributed by atoms with Gasteiger partial charge in [0.15, 0.2) is 0 Å². The second-order valence-electron chi connectivity index (χ2n) is 5.06. The van der Waals surface area contributed by atoms with Crippen molar-refractivity contribution >= 4 is 32.5 Å². The molecule has 0 unspecified atom stereocenters. The van der Waals surface area contributed by atoms with Crippen molar-refractivity contribution in [2.24, 2.45) is 7.05 Å². The van der Waals surface area contributed by atoms with Gasteiger partial charge in [-0.05, 0) is 35.9 Å². The molecule has 0 aliphatic rings. The molecule has 1 N–H and O–H groups in total. The number of fused-ring (bicyclic) bond motifs is 1. The predicted octanol–water partition coefficient (Wildman–Crippen LogP) is 3.31. The van der Waals surface area contributed by atoms with Crippen LogP contribution in [0, 0.1) is 0 Å². The highest BCUT2D eigenvalue weighted by Crippen LogP contribution is 2.21. The Hall–Kier alpha value is -1.82. The van der Waals surface area contributed by atoms with Crippen molar-refractivity contribution < 1.29 is 8.42 Å². The normalized spacial score (nSPS) is 11.9. The summed E-state index contributed by atoms with van der Waals surface area (Å²) in [6, 6.07) is 14.0. The Labute approximate surface area is 134 Å². The number of benzene rings is 2. The first-order chi connectivity index (χ1) is 10.5. The van der Waals surface area contributed by atoms with Crippen LogP contribution < -0.4 is 4.72 Å². The van der Waals surface area contributed by atoms with Gasteiger partial charge in [0.2, 0.25) is 10.0 Å². The number of aromatic nitrogens is 1. The molecule has 0 saturated carbocycles. The van der Waals surface area contributed by atoms with Gasteiger partial charge in [0.25, 0.3) is 0 Å². The molecule has 1 heterocycles. The maximum Gasteiger partial charge on any atom is 0.240 e. The molecule has 0 bridgehead atoms. The van der Waals surface area contributed by atoms with Crippen LogP contribution in [0.25, 0.3) is 10.9 Å². The van der Waals surface area contributed by atoms with Crippen molar-refractivity contribution in [2.45, 2.75) is 11.4 Å². The Kier molecular flexibility index (Phi) is 3.95. The highest BCUT2D eigenvalue weighted by molar-refractivity contribution is 7.89. The Bertz CT molecular complexity index is 915. The number of rotatable bonds is 4. The molecule has 0 spiro atoms. The van der Waals surface area contributed by atoms with Gasteiger partial charge >= 0.3 is 0 Å². The van der Waals surface area contributed by atoms with Crippen LogP contribution in [-0.4, -0.2) is 13.0 Å². The predicted molar refractivity (Wildman–Crippen MR) is 88.4 cm³/mol. The van der Waals surface area contributed by atoms with Crippen molar-refractivity contribution in [3.8, 4) is 0 Å². The lowest BCUT2D eigenvalue weighted by atomic mass is 10.2. The largest absolute Gasteiger partial charge is 0.350 e. The topological polar surface area (TPSA) is 51.1 Å². The summed E-state index contributed by atoms with van der Waals surface area (Å²) in [6.07, 6.45) is 1.94. The lowest BCUT2D eigenvalue weighted by Gasteiger charge is -2.06. The van der Waals surface area contributed by atoms with E-state index in [9.17, 15) is 8.42 Å². The summed E-state index contributed by atoms with van der Waals surface area (Å²) < 4.78 is 29.2. The molecular formula is C16H15ClN2O2S. The van der Waals surface area contributed by atoms with Gasteiger partial charge in [0, 0.05) is 35.7 Å².